The number of carbonyl (C=O) groups excluding carboxylic acids is 2. The Hall–Kier alpha value is -1.14. The zero-order chi connectivity index (χ0) is 8.65. The number of ether oxygens (including phenoxy) is 2. The van der Waals surface area contributed by atoms with E-state index in [2.05, 4.69) is 9.47 Å². The van der Waals surface area contributed by atoms with Crippen LogP contribution in [0.25, 0.3) is 0 Å². The number of hydrogen-bond acceptors (Lipinski definition) is 6. The van der Waals surface area contributed by atoms with Crippen LogP contribution >= 0.6 is 0 Å². The van der Waals surface area contributed by atoms with Crippen molar-refractivity contribution in [2.45, 2.75) is 18.9 Å². The van der Waals surface area contributed by atoms with Crippen molar-refractivity contribution in [3.05, 3.63) is 0 Å². The SMILES string of the molecule is CC(O)C1(N)OC(=O)C(=O)O1. The van der Waals surface area contributed by atoms with E-state index in [0.717, 1.165) is 0 Å². The van der Waals surface area contributed by atoms with Gasteiger partial charge in [-0.25, -0.2) is 9.59 Å². The Morgan fingerprint density at radius 1 is 1.45 bits per heavy atom. The molecule has 3 N–H and O–H groups in total. The first-order valence-electron chi connectivity index (χ1n) is 2.89. The molecule has 0 bridgehead atoms. The molecule has 1 fully saturated rings. The average molecular weight is 161 g/mol. The monoisotopic (exact) mass is 161 g/mol. The van der Waals surface area contributed by atoms with Gasteiger partial charge in [0.25, 0.3) is 0 Å². The van der Waals surface area contributed by atoms with Gasteiger partial charge in [-0.05, 0) is 6.92 Å². The van der Waals surface area contributed by atoms with Crippen LogP contribution in [0.2, 0.25) is 0 Å². The molecule has 6 heteroatoms. The van der Waals surface area contributed by atoms with Gasteiger partial charge in [-0.3, -0.25) is 5.73 Å². The van der Waals surface area contributed by atoms with Crippen LogP contribution < -0.4 is 5.73 Å². The summed E-state index contributed by atoms with van der Waals surface area (Å²) in [7, 11) is 0. The second kappa shape index (κ2) is 2.18. The molecule has 0 aromatic rings. The molecule has 0 spiro atoms. The quantitative estimate of drug-likeness (QED) is 0.343. The number of aliphatic hydroxyl groups excluding tert-OH is 1. The third kappa shape index (κ3) is 1.17. The minimum absolute atomic E-state index is 1.19. The number of hydrogen-bond donors (Lipinski definition) is 2. The van der Waals surface area contributed by atoms with Gasteiger partial charge < -0.3 is 14.6 Å². The fourth-order valence-corrected chi connectivity index (χ4v) is 0.564. The van der Waals surface area contributed by atoms with Gasteiger partial charge in [0.1, 0.15) is 6.10 Å². The van der Waals surface area contributed by atoms with Gasteiger partial charge in [0.15, 0.2) is 0 Å². The molecule has 0 aliphatic carbocycles. The summed E-state index contributed by atoms with van der Waals surface area (Å²) in [5.41, 5.74) is 5.15. The molecule has 1 atom stereocenters. The lowest BCUT2D eigenvalue weighted by Crippen LogP contribution is -2.50. The summed E-state index contributed by atoms with van der Waals surface area (Å²) in [6, 6.07) is 0. The molecule has 1 aliphatic rings. The summed E-state index contributed by atoms with van der Waals surface area (Å²) in [5, 5.41) is 8.87. The van der Waals surface area contributed by atoms with Crippen molar-refractivity contribution >= 4 is 11.9 Å². The van der Waals surface area contributed by atoms with Gasteiger partial charge in [0.05, 0.1) is 0 Å². The fourth-order valence-electron chi connectivity index (χ4n) is 0.564. The number of cyclic esters (lactones) is 2. The molecule has 0 saturated carbocycles. The number of rotatable bonds is 1. The molecular weight excluding hydrogens is 154 g/mol. The lowest BCUT2D eigenvalue weighted by molar-refractivity contribution is -0.212. The normalized spacial score (nSPS) is 24.3. The minimum atomic E-state index is -2.01. The van der Waals surface area contributed by atoms with Crippen LogP contribution in [0.15, 0.2) is 0 Å². The molecule has 0 amide bonds. The van der Waals surface area contributed by atoms with Crippen LogP contribution in [0.4, 0.5) is 0 Å². The van der Waals surface area contributed by atoms with Gasteiger partial charge in [-0.2, -0.15) is 0 Å². The standard InChI is InChI=1S/C5H7NO5/c1-2(7)5(6)10-3(8)4(9)11-5/h2,7H,6H2,1H3. The highest BCUT2D eigenvalue weighted by atomic mass is 16.8. The number of carbonyl (C=O) groups is 2. The van der Waals surface area contributed by atoms with Crippen LogP contribution in [0, 0.1) is 0 Å². The summed E-state index contributed by atoms with van der Waals surface area (Å²) in [6.07, 6.45) is -1.25. The lowest BCUT2D eigenvalue weighted by atomic mass is 10.3. The van der Waals surface area contributed by atoms with E-state index in [1.54, 1.807) is 0 Å². The second-order valence-corrected chi connectivity index (χ2v) is 2.18. The van der Waals surface area contributed by atoms with Gasteiger partial charge in [-0.1, -0.05) is 0 Å². The summed E-state index contributed by atoms with van der Waals surface area (Å²) >= 11 is 0. The largest absolute Gasteiger partial charge is 0.421 e. The summed E-state index contributed by atoms with van der Waals surface area (Å²) < 4.78 is 8.48. The molecule has 1 rings (SSSR count). The third-order valence-corrected chi connectivity index (χ3v) is 1.25. The molecule has 1 aliphatic heterocycles. The number of nitrogens with two attached hydrogens (primary N) is 1. The first kappa shape index (κ1) is 7.96. The summed E-state index contributed by atoms with van der Waals surface area (Å²) in [5.74, 6) is -4.38. The van der Waals surface area contributed by atoms with Crippen molar-refractivity contribution in [2.24, 2.45) is 5.73 Å². The highest BCUT2D eigenvalue weighted by molar-refractivity contribution is 6.31. The predicted molar refractivity (Wildman–Crippen MR) is 30.8 cm³/mol. The minimum Gasteiger partial charge on any atom is -0.398 e. The van der Waals surface area contributed by atoms with Crippen LogP contribution in [0.3, 0.4) is 0 Å². The maximum absolute atomic E-state index is 10.4. The highest BCUT2D eigenvalue weighted by Gasteiger charge is 2.49. The number of aliphatic hydroxyl groups is 1. The zero-order valence-corrected chi connectivity index (χ0v) is 5.73. The molecule has 0 aromatic heterocycles. The Bertz CT molecular complexity index is 195. The molecule has 6 nitrogen and oxygen atoms in total. The predicted octanol–water partition coefficient (Wildman–Crippen LogP) is -1.92. The van der Waals surface area contributed by atoms with E-state index in [0.29, 0.717) is 0 Å². The topological polar surface area (TPSA) is 98.9 Å². The number of esters is 2. The van der Waals surface area contributed by atoms with E-state index in [9.17, 15) is 9.59 Å². The van der Waals surface area contributed by atoms with Gasteiger partial charge >= 0.3 is 17.8 Å². The first-order chi connectivity index (χ1) is 4.96. The molecule has 1 heterocycles. The van der Waals surface area contributed by atoms with Crippen LogP contribution in [-0.4, -0.2) is 29.1 Å². The van der Waals surface area contributed by atoms with E-state index in [-0.39, 0.29) is 0 Å². The maximum atomic E-state index is 10.4. The van der Waals surface area contributed by atoms with Crippen molar-refractivity contribution in [3.8, 4) is 0 Å². The van der Waals surface area contributed by atoms with Gasteiger partial charge in [0.2, 0.25) is 0 Å². The van der Waals surface area contributed by atoms with E-state index in [1.807, 2.05) is 0 Å². The van der Waals surface area contributed by atoms with Crippen molar-refractivity contribution < 1.29 is 24.2 Å². The fraction of sp³-hybridized carbons (Fsp3) is 0.600. The summed E-state index contributed by atoms with van der Waals surface area (Å²) in [4.78, 5) is 20.8. The van der Waals surface area contributed by atoms with Crippen molar-refractivity contribution in [1.82, 2.24) is 0 Å². The van der Waals surface area contributed by atoms with Gasteiger partial charge in [0, 0.05) is 0 Å². The highest BCUT2D eigenvalue weighted by Crippen LogP contribution is 2.18. The molecule has 11 heavy (non-hydrogen) atoms. The molecule has 1 unspecified atom stereocenters. The van der Waals surface area contributed by atoms with Crippen LogP contribution in [0.5, 0.6) is 0 Å². The van der Waals surface area contributed by atoms with Crippen molar-refractivity contribution in [3.63, 3.8) is 0 Å². The molecule has 0 aromatic carbocycles. The summed E-state index contributed by atoms with van der Waals surface area (Å²) in [6.45, 7) is 1.24. The van der Waals surface area contributed by atoms with Crippen molar-refractivity contribution in [2.75, 3.05) is 0 Å². The van der Waals surface area contributed by atoms with E-state index >= 15 is 0 Å². The Morgan fingerprint density at radius 2 is 1.82 bits per heavy atom. The van der Waals surface area contributed by atoms with Gasteiger partial charge in [-0.15, -0.1) is 0 Å². The van der Waals surface area contributed by atoms with E-state index in [1.165, 1.54) is 6.92 Å². The Kier molecular flexibility index (Phi) is 1.57. The Balaban J connectivity index is 2.79. The molecule has 62 valence electrons. The molecule has 1 saturated heterocycles. The molecule has 0 radical (unpaired) electrons. The smallest absolute Gasteiger partial charge is 0.398 e. The van der Waals surface area contributed by atoms with E-state index in [4.69, 9.17) is 10.8 Å². The second-order valence-electron chi connectivity index (χ2n) is 2.18. The van der Waals surface area contributed by atoms with Crippen LogP contribution in [-0.2, 0) is 19.1 Å². The Labute approximate surface area is 61.9 Å². The average Bonchev–Trinajstić information content (AvgIpc) is 2.09. The molecular formula is C5H7NO5. The van der Waals surface area contributed by atoms with Crippen molar-refractivity contribution in [1.29, 1.82) is 0 Å². The maximum Gasteiger partial charge on any atom is 0.421 e. The lowest BCUT2D eigenvalue weighted by Gasteiger charge is -2.22. The first-order valence-corrected chi connectivity index (χ1v) is 2.89. The van der Waals surface area contributed by atoms with Crippen LogP contribution in [0.1, 0.15) is 6.92 Å². The Morgan fingerprint density at radius 3 is 2.00 bits per heavy atom. The van der Waals surface area contributed by atoms with E-state index < -0.39 is 24.0 Å². The zero-order valence-electron chi connectivity index (χ0n) is 5.73. The third-order valence-electron chi connectivity index (χ3n) is 1.25.